The Morgan fingerprint density at radius 1 is 0.949 bits per heavy atom. The summed E-state index contributed by atoms with van der Waals surface area (Å²) in [7, 11) is -3.35. The van der Waals surface area contributed by atoms with Gasteiger partial charge in [-0.1, -0.05) is 31.2 Å². The minimum atomic E-state index is -4.35. The number of carbonyl (C=O) groups is 1. The van der Waals surface area contributed by atoms with Crippen LogP contribution in [0.5, 0.6) is 0 Å². The average Bonchev–Trinajstić information content (AvgIpc) is 2.93. The number of hydrogen-bond donors (Lipinski definition) is 3. The molecule has 7 nitrogen and oxygen atoms in total. The second-order valence-corrected chi connectivity index (χ2v) is 11.0. The van der Waals surface area contributed by atoms with Crippen molar-refractivity contribution in [3.63, 3.8) is 0 Å². The zero-order valence-electron chi connectivity index (χ0n) is 21.3. The third-order valence-electron chi connectivity index (χ3n) is 6.01. The van der Waals surface area contributed by atoms with Gasteiger partial charge in [-0.3, -0.25) is 4.79 Å². The molecule has 3 aromatic carbocycles. The topological polar surface area (TPSA) is 111 Å². The van der Waals surface area contributed by atoms with Gasteiger partial charge in [0.1, 0.15) is 0 Å². The Kier molecular flexibility index (Phi) is 10.1. The van der Waals surface area contributed by atoms with Gasteiger partial charge in [0.2, 0.25) is 0 Å². The number of nitriles is 1. The third kappa shape index (κ3) is 8.56. The number of anilines is 1. The number of carbonyl (C=O) groups excluding carboxylic acids is 1. The van der Waals surface area contributed by atoms with E-state index in [1.54, 1.807) is 43.3 Å². The maximum absolute atomic E-state index is 12.8. The van der Waals surface area contributed by atoms with Crippen molar-refractivity contribution in [2.24, 2.45) is 0 Å². The molecule has 0 aliphatic rings. The largest absolute Gasteiger partial charge is 0.416 e. The summed E-state index contributed by atoms with van der Waals surface area (Å²) < 4.78 is 62.0. The van der Waals surface area contributed by atoms with Crippen LogP contribution in [-0.4, -0.2) is 33.2 Å². The van der Waals surface area contributed by atoms with Gasteiger partial charge in [-0.2, -0.15) is 18.4 Å². The molecule has 0 spiro atoms. The molecule has 0 unspecified atom stereocenters. The summed E-state index contributed by atoms with van der Waals surface area (Å²) in [5, 5.41) is 18.4. The number of halogens is 3. The van der Waals surface area contributed by atoms with Gasteiger partial charge in [-0.15, -0.1) is 0 Å². The smallest absolute Gasteiger partial charge is 0.384 e. The quantitative estimate of drug-likeness (QED) is 0.267. The molecule has 0 aliphatic carbocycles. The van der Waals surface area contributed by atoms with Crippen LogP contribution in [0.3, 0.4) is 0 Å². The van der Waals surface area contributed by atoms with Crippen LogP contribution in [0.2, 0.25) is 0 Å². The molecule has 3 aromatic rings. The summed E-state index contributed by atoms with van der Waals surface area (Å²) >= 11 is 0. The maximum Gasteiger partial charge on any atom is 0.416 e. The SMILES string of the molecule is CCS(=O)(=O)c1ccc([C@H](CC#N)NC(=O)c2ccc(NCCNCc3ccc(C(F)(F)F)cc3)cc2)cc1. The predicted molar refractivity (Wildman–Crippen MR) is 143 cm³/mol. The Labute approximate surface area is 226 Å². The summed E-state index contributed by atoms with van der Waals surface area (Å²) in [6.45, 7) is 3.12. The minimum Gasteiger partial charge on any atom is -0.384 e. The first kappa shape index (κ1) is 29.7. The van der Waals surface area contributed by atoms with Crippen molar-refractivity contribution < 1.29 is 26.4 Å². The lowest BCUT2D eigenvalue weighted by molar-refractivity contribution is -0.137. The molecule has 3 rings (SSSR count). The Bertz CT molecular complexity index is 1380. The number of amides is 1. The standard InChI is InChI=1S/C28H29F3N4O3S/c1-2-39(37,38)25-13-7-21(8-14-25)26(15-16-32)35-27(36)22-5-11-24(12-6-22)34-18-17-33-19-20-3-9-23(10-4-20)28(29,30)31/h3-14,26,33-34H,2,15,17-19H2,1H3,(H,35,36)/t26-/m0/s1. The molecule has 0 saturated heterocycles. The lowest BCUT2D eigenvalue weighted by Gasteiger charge is -2.17. The van der Waals surface area contributed by atoms with Gasteiger partial charge in [0.05, 0.1) is 34.7 Å². The third-order valence-corrected chi connectivity index (χ3v) is 7.76. The lowest BCUT2D eigenvalue weighted by Crippen LogP contribution is -2.28. The second-order valence-electron chi connectivity index (χ2n) is 8.74. The van der Waals surface area contributed by atoms with Crippen molar-refractivity contribution in [3.8, 4) is 6.07 Å². The lowest BCUT2D eigenvalue weighted by atomic mass is 10.0. The molecule has 0 aliphatic heterocycles. The van der Waals surface area contributed by atoms with Crippen LogP contribution in [0.4, 0.5) is 18.9 Å². The fourth-order valence-electron chi connectivity index (χ4n) is 3.74. The van der Waals surface area contributed by atoms with E-state index in [1.165, 1.54) is 24.3 Å². The number of alkyl halides is 3. The van der Waals surface area contributed by atoms with Crippen molar-refractivity contribution in [2.45, 2.75) is 37.0 Å². The fourth-order valence-corrected chi connectivity index (χ4v) is 4.62. The molecule has 1 atom stereocenters. The van der Waals surface area contributed by atoms with Crippen molar-refractivity contribution in [3.05, 3.63) is 95.1 Å². The first-order valence-electron chi connectivity index (χ1n) is 12.2. The molecule has 0 saturated carbocycles. The van der Waals surface area contributed by atoms with E-state index in [-0.39, 0.29) is 23.0 Å². The molecule has 0 heterocycles. The number of benzene rings is 3. The highest BCUT2D eigenvalue weighted by Crippen LogP contribution is 2.29. The van der Waals surface area contributed by atoms with Gasteiger partial charge >= 0.3 is 6.18 Å². The highest BCUT2D eigenvalue weighted by Gasteiger charge is 2.29. The molecule has 39 heavy (non-hydrogen) atoms. The van der Waals surface area contributed by atoms with Gasteiger partial charge in [0, 0.05) is 30.9 Å². The van der Waals surface area contributed by atoms with E-state index in [2.05, 4.69) is 16.0 Å². The van der Waals surface area contributed by atoms with E-state index in [0.717, 1.165) is 23.4 Å². The van der Waals surface area contributed by atoms with Gasteiger partial charge in [-0.05, 0) is 59.7 Å². The molecule has 11 heteroatoms. The van der Waals surface area contributed by atoms with Gasteiger partial charge < -0.3 is 16.0 Å². The van der Waals surface area contributed by atoms with Crippen LogP contribution in [0.1, 0.15) is 46.4 Å². The summed E-state index contributed by atoms with van der Waals surface area (Å²) in [5.74, 6) is -0.389. The molecule has 0 bridgehead atoms. The van der Waals surface area contributed by atoms with Crippen LogP contribution >= 0.6 is 0 Å². The summed E-state index contributed by atoms with van der Waals surface area (Å²) in [6, 6.07) is 19.4. The Balaban J connectivity index is 1.48. The second kappa shape index (κ2) is 13.3. The van der Waals surface area contributed by atoms with Crippen molar-refractivity contribution in [1.29, 1.82) is 5.26 Å². The maximum atomic E-state index is 12.8. The van der Waals surface area contributed by atoms with Gasteiger partial charge in [0.25, 0.3) is 5.91 Å². The number of nitrogens with zero attached hydrogens (tertiary/aromatic N) is 1. The molecule has 0 fully saturated rings. The van der Waals surface area contributed by atoms with Crippen molar-refractivity contribution in [1.82, 2.24) is 10.6 Å². The molecule has 206 valence electrons. The van der Waals surface area contributed by atoms with E-state index in [1.807, 2.05) is 6.07 Å². The molecular weight excluding hydrogens is 529 g/mol. The summed E-state index contributed by atoms with van der Waals surface area (Å²) in [5.41, 5.74) is 1.87. The normalized spacial score (nSPS) is 12.4. The predicted octanol–water partition coefficient (Wildman–Crippen LogP) is 5.09. The average molecular weight is 559 g/mol. The number of rotatable bonds is 12. The minimum absolute atomic E-state index is 0.0186. The summed E-state index contributed by atoms with van der Waals surface area (Å²) in [4.78, 5) is 13.0. The number of nitrogens with one attached hydrogen (secondary N) is 3. The van der Waals surface area contributed by atoms with Crippen LogP contribution in [-0.2, 0) is 22.6 Å². The number of sulfone groups is 1. The van der Waals surface area contributed by atoms with Crippen LogP contribution < -0.4 is 16.0 Å². The van der Waals surface area contributed by atoms with Crippen molar-refractivity contribution in [2.75, 3.05) is 24.2 Å². The summed E-state index contributed by atoms with van der Waals surface area (Å²) in [6.07, 6.45) is -4.33. The molecule has 0 radical (unpaired) electrons. The molecule has 1 amide bonds. The first-order chi connectivity index (χ1) is 18.5. The zero-order chi connectivity index (χ0) is 28.5. The molecule has 0 aromatic heterocycles. The molecule has 3 N–H and O–H groups in total. The highest BCUT2D eigenvalue weighted by atomic mass is 32.2. The van der Waals surface area contributed by atoms with Crippen LogP contribution in [0.15, 0.2) is 77.7 Å². The van der Waals surface area contributed by atoms with Crippen molar-refractivity contribution >= 4 is 21.4 Å². The van der Waals surface area contributed by atoms with E-state index < -0.39 is 27.6 Å². The van der Waals surface area contributed by atoms with E-state index in [4.69, 9.17) is 0 Å². The van der Waals surface area contributed by atoms with E-state index in [0.29, 0.717) is 30.8 Å². The van der Waals surface area contributed by atoms with Crippen LogP contribution in [0, 0.1) is 11.3 Å². The molecular formula is C28H29F3N4O3S. The van der Waals surface area contributed by atoms with Gasteiger partial charge in [0.15, 0.2) is 9.84 Å². The van der Waals surface area contributed by atoms with Gasteiger partial charge in [-0.25, -0.2) is 8.42 Å². The zero-order valence-corrected chi connectivity index (χ0v) is 22.1. The Hall–Kier alpha value is -3.88. The van der Waals surface area contributed by atoms with Crippen LogP contribution in [0.25, 0.3) is 0 Å². The monoisotopic (exact) mass is 558 g/mol. The highest BCUT2D eigenvalue weighted by molar-refractivity contribution is 7.91. The number of hydrogen-bond acceptors (Lipinski definition) is 6. The Morgan fingerprint density at radius 3 is 2.15 bits per heavy atom. The van der Waals surface area contributed by atoms with E-state index in [9.17, 15) is 31.6 Å². The first-order valence-corrected chi connectivity index (χ1v) is 13.9. The fraction of sp³-hybridized carbons (Fsp3) is 0.286. The van der Waals surface area contributed by atoms with E-state index >= 15 is 0 Å². The Morgan fingerprint density at radius 2 is 1.59 bits per heavy atom.